The Kier molecular flexibility index (Phi) is 6.27. The number of imidazole rings is 1. The Bertz CT molecular complexity index is 1230. The summed E-state index contributed by atoms with van der Waals surface area (Å²) in [6, 6.07) is 0. The number of aromatic amines is 1. The van der Waals surface area contributed by atoms with E-state index in [0.717, 1.165) is 17.0 Å². The monoisotopic (exact) mass is 501 g/mol. The molecule has 1 aliphatic heterocycles. The SMILES string of the molecule is Nc1nc2c(ncn2[C@@H]2OC(COP(=O)([O-])OP(=O)([O-])OP(=O)([O-])[O-])=C[C@H]2O)c(=O)[nH]1. The molecule has 0 aliphatic carbocycles. The number of rotatable bonds is 8. The fourth-order valence-electron chi connectivity index (χ4n) is 2.40. The van der Waals surface area contributed by atoms with Gasteiger partial charge in [-0.2, -0.15) is 4.98 Å². The average molecular weight is 501 g/mol. The van der Waals surface area contributed by atoms with Crippen LogP contribution in [0.4, 0.5) is 5.95 Å². The van der Waals surface area contributed by atoms with E-state index in [1.54, 1.807) is 0 Å². The Morgan fingerprint density at radius 1 is 1.23 bits per heavy atom. The zero-order chi connectivity index (χ0) is 23.2. The summed E-state index contributed by atoms with van der Waals surface area (Å²) in [4.78, 5) is 64.9. The van der Waals surface area contributed by atoms with Crippen LogP contribution in [0.1, 0.15) is 6.23 Å². The minimum Gasteiger partial charge on any atom is -0.790 e. The van der Waals surface area contributed by atoms with Gasteiger partial charge in [-0.15, -0.1) is 0 Å². The highest BCUT2D eigenvalue weighted by Gasteiger charge is 2.32. The van der Waals surface area contributed by atoms with Gasteiger partial charge in [-0.25, -0.2) is 9.29 Å². The van der Waals surface area contributed by atoms with Crippen molar-refractivity contribution in [2.24, 2.45) is 0 Å². The number of aliphatic hydroxyl groups excluding tert-OH is 1. The number of aliphatic hydroxyl groups is 1. The van der Waals surface area contributed by atoms with Crippen molar-refractivity contribution in [2.45, 2.75) is 12.3 Å². The zero-order valence-corrected chi connectivity index (χ0v) is 17.3. The molecule has 0 radical (unpaired) electrons. The molecule has 31 heavy (non-hydrogen) atoms. The quantitative estimate of drug-likeness (QED) is 0.293. The molecule has 0 bridgehead atoms. The van der Waals surface area contributed by atoms with Crippen molar-refractivity contribution >= 4 is 40.6 Å². The minimum atomic E-state index is -6.12. The highest BCUT2D eigenvalue weighted by Crippen LogP contribution is 2.60. The first-order valence-corrected chi connectivity index (χ1v) is 12.0. The summed E-state index contributed by atoms with van der Waals surface area (Å²) in [5.41, 5.74) is 4.59. The first kappa shape index (κ1) is 23.7. The number of nitrogens with zero attached hydrogens (tertiary/aromatic N) is 3. The highest BCUT2D eigenvalue weighted by molar-refractivity contribution is 7.64. The maximum absolute atomic E-state index is 11.8. The number of aromatic nitrogens is 4. The van der Waals surface area contributed by atoms with Gasteiger partial charge in [-0.3, -0.25) is 27.8 Å². The molecule has 0 aromatic carbocycles. The third kappa shape index (κ3) is 5.85. The molecule has 18 nitrogen and oxygen atoms in total. The molecule has 0 fully saturated rings. The molecule has 0 saturated heterocycles. The van der Waals surface area contributed by atoms with Gasteiger partial charge in [-0.1, -0.05) is 0 Å². The molecule has 0 saturated carbocycles. The van der Waals surface area contributed by atoms with E-state index in [1.807, 2.05) is 0 Å². The maximum Gasteiger partial charge on any atom is 0.280 e. The van der Waals surface area contributed by atoms with Crippen LogP contribution in [0.15, 0.2) is 23.0 Å². The van der Waals surface area contributed by atoms with E-state index >= 15 is 0 Å². The van der Waals surface area contributed by atoms with Gasteiger partial charge in [0.2, 0.25) is 12.2 Å². The normalized spacial score (nSPS) is 23.2. The minimum absolute atomic E-state index is 0.0669. The van der Waals surface area contributed by atoms with Crippen LogP contribution in [-0.4, -0.2) is 37.3 Å². The third-order valence-corrected chi connectivity index (χ3v) is 7.06. The van der Waals surface area contributed by atoms with Crippen LogP contribution < -0.4 is 30.9 Å². The average Bonchev–Trinajstić information content (AvgIpc) is 3.12. The predicted molar refractivity (Wildman–Crippen MR) is 87.7 cm³/mol. The second-order valence-corrected chi connectivity index (χ2v) is 9.93. The number of nitrogen functional groups attached to an aromatic ring is 1. The maximum atomic E-state index is 11.8. The summed E-state index contributed by atoms with van der Waals surface area (Å²) in [6.45, 7) is -1.01. The Morgan fingerprint density at radius 3 is 2.55 bits per heavy atom. The van der Waals surface area contributed by atoms with Gasteiger partial charge in [-0.05, 0) is 6.08 Å². The molecule has 172 valence electrons. The summed E-state index contributed by atoms with van der Waals surface area (Å²) in [5, 5.41) is 10.1. The van der Waals surface area contributed by atoms with E-state index in [4.69, 9.17) is 10.5 Å². The zero-order valence-electron chi connectivity index (χ0n) is 14.6. The molecule has 3 heterocycles. The lowest BCUT2D eigenvalue weighted by Crippen LogP contribution is -2.21. The van der Waals surface area contributed by atoms with Crippen molar-refractivity contribution in [1.29, 1.82) is 0 Å². The van der Waals surface area contributed by atoms with E-state index in [-0.39, 0.29) is 22.9 Å². The van der Waals surface area contributed by atoms with E-state index < -0.39 is 48.0 Å². The Hall–Kier alpha value is -1.94. The fourth-order valence-corrected chi connectivity index (χ4v) is 5.22. The van der Waals surface area contributed by atoms with Gasteiger partial charge < -0.3 is 44.2 Å². The van der Waals surface area contributed by atoms with Crippen LogP contribution in [-0.2, 0) is 31.6 Å². The molecule has 0 amide bonds. The van der Waals surface area contributed by atoms with Gasteiger partial charge in [0.25, 0.3) is 21.2 Å². The molecule has 21 heteroatoms. The first-order chi connectivity index (χ1) is 14.2. The van der Waals surface area contributed by atoms with Gasteiger partial charge in [0, 0.05) is 0 Å². The molecule has 4 N–H and O–H groups in total. The smallest absolute Gasteiger partial charge is 0.280 e. The van der Waals surface area contributed by atoms with Crippen LogP contribution in [0, 0.1) is 0 Å². The number of hydrogen-bond acceptors (Lipinski definition) is 16. The van der Waals surface area contributed by atoms with Crippen molar-refractivity contribution in [3.05, 3.63) is 28.5 Å². The largest absolute Gasteiger partial charge is 0.790 e. The Labute approximate surface area is 170 Å². The van der Waals surface area contributed by atoms with E-state index in [1.165, 1.54) is 0 Å². The number of phosphoric ester groups is 1. The van der Waals surface area contributed by atoms with Gasteiger partial charge >= 0.3 is 0 Å². The molecule has 1 aliphatic rings. The van der Waals surface area contributed by atoms with E-state index in [2.05, 4.69) is 28.1 Å². The summed E-state index contributed by atoms with van der Waals surface area (Å²) < 4.78 is 50.0. The summed E-state index contributed by atoms with van der Waals surface area (Å²) in [7, 11) is -18.0. The Balaban J connectivity index is 1.68. The predicted octanol–water partition coefficient (Wildman–Crippen LogP) is -3.71. The number of H-pyrrole nitrogens is 1. The first-order valence-electron chi connectivity index (χ1n) is 7.65. The number of fused-ring (bicyclic) bond motifs is 1. The third-order valence-electron chi connectivity index (χ3n) is 3.41. The van der Waals surface area contributed by atoms with Crippen molar-refractivity contribution < 1.29 is 56.3 Å². The van der Waals surface area contributed by atoms with Crippen LogP contribution in [0.25, 0.3) is 11.2 Å². The van der Waals surface area contributed by atoms with Gasteiger partial charge in [0.15, 0.2) is 11.2 Å². The number of hydrogen-bond donors (Lipinski definition) is 3. The molecular weight excluding hydrogens is 491 g/mol. The number of ether oxygens (including phenoxy) is 1. The topological polar surface area (TPSA) is 290 Å². The molecule has 2 unspecified atom stereocenters. The lowest BCUT2D eigenvalue weighted by atomic mass is 10.3. The van der Waals surface area contributed by atoms with Crippen molar-refractivity contribution in [2.75, 3.05) is 12.3 Å². The van der Waals surface area contributed by atoms with Crippen LogP contribution in [0.5, 0.6) is 0 Å². The summed E-state index contributed by atoms with van der Waals surface area (Å²) >= 11 is 0. The molecule has 4 atom stereocenters. The molecule has 2 aromatic rings. The van der Waals surface area contributed by atoms with Crippen molar-refractivity contribution in [3.8, 4) is 0 Å². The van der Waals surface area contributed by atoms with Crippen LogP contribution in [0.3, 0.4) is 0 Å². The fraction of sp³-hybridized carbons (Fsp3) is 0.300. The summed E-state index contributed by atoms with van der Waals surface area (Å²) in [6.07, 6.45) is -0.644. The van der Waals surface area contributed by atoms with Crippen molar-refractivity contribution in [1.82, 2.24) is 19.5 Å². The number of nitrogens with one attached hydrogen (secondary N) is 1. The number of phosphoric acid groups is 3. The number of nitrogens with two attached hydrogens (primary N) is 1. The second kappa shape index (κ2) is 8.20. The lowest BCUT2D eigenvalue weighted by molar-refractivity contribution is -0.339. The molecule has 0 spiro atoms. The lowest BCUT2D eigenvalue weighted by Gasteiger charge is -2.37. The second-order valence-electron chi connectivity index (χ2n) is 5.69. The van der Waals surface area contributed by atoms with Crippen molar-refractivity contribution in [3.63, 3.8) is 0 Å². The summed E-state index contributed by atoms with van der Waals surface area (Å²) in [5.74, 6) is -0.588. The molecular formula is C10H10N5O13P3-4. The molecule has 3 rings (SSSR count). The highest BCUT2D eigenvalue weighted by atomic mass is 31.3. The van der Waals surface area contributed by atoms with Gasteiger partial charge in [0.1, 0.15) is 24.8 Å². The van der Waals surface area contributed by atoms with Crippen LogP contribution in [0.2, 0.25) is 0 Å². The van der Waals surface area contributed by atoms with Crippen LogP contribution >= 0.6 is 23.5 Å². The number of anilines is 1. The van der Waals surface area contributed by atoms with Gasteiger partial charge in [0.05, 0.1) is 7.82 Å². The molecule has 2 aromatic heterocycles. The van der Waals surface area contributed by atoms with E-state index in [9.17, 15) is 43.2 Å². The van der Waals surface area contributed by atoms with E-state index in [0.29, 0.717) is 0 Å². The Morgan fingerprint density at radius 2 is 1.90 bits per heavy atom. The standard InChI is InChI=1S/C10H14N5O13P3/c11-10-13-7-6(8(17)14-10)12-3-15(7)9-5(16)1-4(26-9)2-25-30(21,22)28-31(23,24)27-29(18,19)20/h1,3,5,9,16H,2H2,(H,21,22)(H,23,24)(H2,18,19,20)(H3,11,13,14,17)/p-4/t5-,9-/m1/s1.